The summed E-state index contributed by atoms with van der Waals surface area (Å²) in [6.07, 6.45) is 1.58. The number of H-pyrrole nitrogens is 1. The smallest absolute Gasteiger partial charge is 0.357 e. The van der Waals surface area contributed by atoms with Gasteiger partial charge in [0, 0.05) is 12.3 Å². The number of aromatic amines is 1. The van der Waals surface area contributed by atoms with Gasteiger partial charge in [-0.3, -0.25) is 9.78 Å². The van der Waals surface area contributed by atoms with E-state index in [9.17, 15) is 9.59 Å². The Hall–Kier alpha value is -2.50. The molecule has 0 bridgehead atoms. The van der Waals surface area contributed by atoms with Gasteiger partial charge in [0.05, 0.1) is 6.61 Å². The minimum Gasteiger partial charge on any atom is -0.461 e. The van der Waals surface area contributed by atoms with Crippen LogP contribution in [0.25, 0.3) is 11.5 Å². The van der Waals surface area contributed by atoms with E-state index >= 15 is 0 Å². The van der Waals surface area contributed by atoms with Crippen molar-refractivity contribution in [3.8, 4) is 11.5 Å². The average Bonchev–Trinajstić information content (AvgIpc) is 2.39. The normalized spacial score (nSPS) is 10.1. The molecule has 2 heterocycles. The summed E-state index contributed by atoms with van der Waals surface area (Å²) in [6.45, 7) is 1.91. The maximum absolute atomic E-state index is 11.5. The average molecular weight is 245 g/mol. The first-order chi connectivity index (χ1) is 8.70. The van der Waals surface area contributed by atoms with Crippen LogP contribution < -0.4 is 5.56 Å². The number of aromatic nitrogens is 3. The lowest BCUT2D eigenvalue weighted by Gasteiger charge is -2.03. The van der Waals surface area contributed by atoms with E-state index in [1.807, 2.05) is 0 Å². The summed E-state index contributed by atoms with van der Waals surface area (Å²) < 4.78 is 4.80. The first-order valence-corrected chi connectivity index (χ1v) is 5.40. The Bertz CT molecular complexity index is 607. The van der Waals surface area contributed by atoms with Crippen molar-refractivity contribution in [2.45, 2.75) is 6.92 Å². The number of ether oxygens (including phenoxy) is 1. The molecular formula is C12H11N3O3. The molecule has 18 heavy (non-hydrogen) atoms. The van der Waals surface area contributed by atoms with Gasteiger partial charge < -0.3 is 9.72 Å². The fourth-order valence-corrected chi connectivity index (χ4v) is 1.39. The highest BCUT2D eigenvalue weighted by atomic mass is 16.5. The predicted molar refractivity (Wildman–Crippen MR) is 64.0 cm³/mol. The number of pyridine rings is 1. The minimum atomic E-state index is -0.624. The quantitative estimate of drug-likeness (QED) is 0.815. The van der Waals surface area contributed by atoms with Gasteiger partial charge in [-0.1, -0.05) is 6.07 Å². The number of hydrogen-bond acceptors (Lipinski definition) is 5. The second kappa shape index (κ2) is 5.22. The Kier molecular flexibility index (Phi) is 3.47. The summed E-state index contributed by atoms with van der Waals surface area (Å²) in [4.78, 5) is 33.6. The van der Waals surface area contributed by atoms with Crippen molar-refractivity contribution in [1.29, 1.82) is 0 Å². The Balaban J connectivity index is 2.45. The fraction of sp³-hybridized carbons (Fsp3) is 0.167. The molecule has 0 saturated carbocycles. The van der Waals surface area contributed by atoms with Crippen molar-refractivity contribution in [2.75, 3.05) is 6.61 Å². The molecule has 0 atom stereocenters. The second-order valence-corrected chi connectivity index (χ2v) is 3.41. The third kappa shape index (κ3) is 2.60. The van der Waals surface area contributed by atoms with Gasteiger partial charge >= 0.3 is 5.97 Å². The number of hydrogen-bond donors (Lipinski definition) is 1. The largest absolute Gasteiger partial charge is 0.461 e. The van der Waals surface area contributed by atoms with Crippen LogP contribution in [0.4, 0.5) is 0 Å². The van der Waals surface area contributed by atoms with E-state index in [1.165, 1.54) is 0 Å². The third-order valence-electron chi connectivity index (χ3n) is 2.13. The van der Waals surface area contributed by atoms with Crippen LogP contribution in [0.15, 0.2) is 35.3 Å². The summed E-state index contributed by atoms with van der Waals surface area (Å²) in [7, 11) is 0. The zero-order chi connectivity index (χ0) is 13.0. The Morgan fingerprint density at radius 1 is 1.44 bits per heavy atom. The molecule has 0 unspecified atom stereocenters. The van der Waals surface area contributed by atoms with E-state index in [2.05, 4.69) is 15.0 Å². The molecule has 0 aromatic carbocycles. The van der Waals surface area contributed by atoms with Crippen molar-refractivity contribution >= 4 is 5.97 Å². The highest BCUT2D eigenvalue weighted by Gasteiger charge is 2.12. The molecular weight excluding hydrogens is 234 g/mol. The number of carbonyl (C=O) groups excluding carboxylic acids is 1. The number of rotatable bonds is 3. The predicted octanol–water partition coefficient (Wildman–Crippen LogP) is 1.01. The van der Waals surface area contributed by atoms with Crippen LogP contribution >= 0.6 is 0 Å². The standard InChI is InChI=1S/C12H11N3O3/c1-2-18-12(17)9-7-10(16)15-11(14-9)8-5-3-4-6-13-8/h3-7H,2H2,1H3,(H,14,15,16). The van der Waals surface area contributed by atoms with E-state index in [1.54, 1.807) is 31.3 Å². The summed E-state index contributed by atoms with van der Waals surface area (Å²) in [5.74, 6) is -0.382. The number of nitrogens with one attached hydrogen (secondary N) is 1. The Morgan fingerprint density at radius 2 is 2.28 bits per heavy atom. The summed E-state index contributed by atoms with van der Waals surface area (Å²) in [5, 5.41) is 0. The van der Waals surface area contributed by atoms with Crippen molar-refractivity contribution in [3.63, 3.8) is 0 Å². The highest BCUT2D eigenvalue weighted by Crippen LogP contribution is 2.09. The first kappa shape index (κ1) is 12.0. The van der Waals surface area contributed by atoms with Crippen LogP contribution in [0.5, 0.6) is 0 Å². The molecule has 92 valence electrons. The second-order valence-electron chi connectivity index (χ2n) is 3.41. The zero-order valence-corrected chi connectivity index (χ0v) is 9.71. The highest BCUT2D eigenvalue weighted by molar-refractivity contribution is 5.87. The molecule has 6 nitrogen and oxygen atoms in total. The van der Waals surface area contributed by atoms with Crippen molar-refractivity contribution in [2.24, 2.45) is 0 Å². The Morgan fingerprint density at radius 3 is 2.94 bits per heavy atom. The molecule has 0 radical (unpaired) electrons. The number of carbonyl (C=O) groups is 1. The van der Waals surface area contributed by atoms with Gasteiger partial charge in [-0.15, -0.1) is 0 Å². The lowest BCUT2D eigenvalue weighted by molar-refractivity contribution is 0.0519. The van der Waals surface area contributed by atoms with Crippen LogP contribution in [-0.4, -0.2) is 27.5 Å². The van der Waals surface area contributed by atoms with Crippen LogP contribution in [0, 0.1) is 0 Å². The molecule has 0 spiro atoms. The molecule has 2 rings (SSSR count). The van der Waals surface area contributed by atoms with Crippen LogP contribution in [0.1, 0.15) is 17.4 Å². The van der Waals surface area contributed by atoms with Crippen molar-refractivity contribution < 1.29 is 9.53 Å². The molecule has 6 heteroatoms. The van der Waals surface area contributed by atoms with Crippen LogP contribution in [-0.2, 0) is 4.74 Å². The maximum Gasteiger partial charge on any atom is 0.357 e. The van der Waals surface area contributed by atoms with Crippen molar-refractivity contribution in [3.05, 3.63) is 46.5 Å². The van der Waals surface area contributed by atoms with Gasteiger partial charge in [0.1, 0.15) is 5.69 Å². The molecule has 2 aromatic rings. The van der Waals surface area contributed by atoms with E-state index < -0.39 is 11.5 Å². The minimum absolute atomic E-state index is 0.0266. The summed E-state index contributed by atoms with van der Waals surface area (Å²) in [5.41, 5.74) is 0.0377. The summed E-state index contributed by atoms with van der Waals surface area (Å²) in [6, 6.07) is 6.30. The maximum atomic E-state index is 11.5. The van der Waals surface area contributed by atoms with Crippen LogP contribution in [0.3, 0.4) is 0 Å². The SMILES string of the molecule is CCOC(=O)c1cc(=O)[nH]c(-c2ccccn2)n1. The molecule has 0 saturated heterocycles. The van der Waals surface area contributed by atoms with Gasteiger partial charge in [0.15, 0.2) is 11.5 Å². The first-order valence-electron chi connectivity index (χ1n) is 5.40. The topological polar surface area (TPSA) is 84.9 Å². The number of esters is 1. The van der Waals surface area contributed by atoms with Crippen molar-refractivity contribution in [1.82, 2.24) is 15.0 Å². The van der Waals surface area contributed by atoms with E-state index in [-0.39, 0.29) is 18.1 Å². The van der Waals surface area contributed by atoms with Crippen LogP contribution in [0.2, 0.25) is 0 Å². The molecule has 2 aromatic heterocycles. The van der Waals surface area contributed by atoms with Gasteiger partial charge in [-0.05, 0) is 19.1 Å². The monoisotopic (exact) mass is 245 g/mol. The molecule has 0 aliphatic rings. The van der Waals surface area contributed by atoms with Gasteiger partial charge in [0.25, 0.3) is 5.56 Å². The third-order valence-corrected chi connectivity index (χ3v) is 2.13. The fourth-order valence-electron chi connectivity index (χ4n) is 1.39. The van der Waals surface area contributed by atoms with E-state index in [4.69, 9.17) is 4.74 Å². The molecule has 1 N–H and O–H groups in total. The lowest BCUT2D eigenvalue weighted by Crippen LogP contribution is -2.16. The van der Waals surface area contributed by atoms with Gasteiger partial charge in [-0.2, -0.15) is 0 Å². The van der Waals surface area contributed by atoms with Gasteiger partial charge in [-0.25, -0.2) is 9.78 Å². The molecule has 0 aliphatic carbocycles. The molecule has 0 amide bonds. The molecule has 0 fully saturated rings. The Labute approximate surface area is 103 Å². The molecule has 0 aliphatic heterocycles. The van der Waals surface area contributed by atoms with E-state index in [0.29, 0.717) is 5.69 Å². The van der Waals surface area contributed by atoms with Gasteiger partial charge in [0.2, 0.25) is 0 Å². The summed E-state index contributed by atoms with van der Waals surface area (Å²) >= 11 is 0. The number of nitrogens with zero attached hydrogens (tertiary/aromatic N) is 2. The lowest BCUT2D eigenvalue weighted by atomic mass is 10.3. The van der Waals surface area contributed by atoms with E-state index in [0.717, 1.165) is 6.07 Å². The zero-order valence-electron chi connectivity index (χ0n) is 9.71.